The summed E-state index contributed by atoms with van der Waals surface area (Å²) in [5.74, 6) is 1.90. The van der Waals surface area contributed by atoms with Gasteiger partial charge in [-0.25, -0.2) is 4.98 Å². The van der Waals surface area contributed by atoms with Crippen LogP contribution in [-0.2, 0) is 0 Å². The lowest BCUT2D eigenvalue weighted by molar-refractivity contribution is 0.222. The van der Waals surface area contributed by atoms with E-state index in [1.54, 1.807) is 7.11 Å². The third kappa shape index (κ3) is 3.26. The molecule has 19 heavy (non-hydrogen) atoms. The molecule has 1 aromatic heterocycles. The number of likely N-dealkylation sites (tertiary alicyclic amines) is 1. The zero-order valence-electron chi connectivity index (χ0n) is 12.0. The van der Waals surface area contributed by atoms with Gasteiger partial charge in [-0.05, 0) is 38.9 Å². The molecule has 6 nitrogen and oxygen atoms in total. The molecule has 0 spiro atoms. The Morgan fingerprint density at radius 3 is 2.74 bits per heavy atom. The summed E-state index contributed by atoms with van der Waals surface area (Å²) in [4.78, 5) is 12.8. The summed E-state index contributed by atoms with van der Waals surface area (Å²) >= 11 is 0. The minimum absolute atomic E-state index is 0.445. The van der Waals surface area contributed by atoms with Crippen LogP contribution in [0.25, 0.3) is 0 Å². The van der Waals surface area contributed by atoms with Gasteiger partial charge in [0.25, 0.3) is 0 Å². The molecule has 0 bridgehead atoms. The first-order valence-electron chi connectivity index (χ1n) is 6.66. The number of nitrogens with two attached hydrogens (primary N) is 1. The van der Waals surface area contributed by atoms with Crippen molar-refractivity contribution in [3.63, 3.8) is 0 Å². The Hall–Kier alpha value is -1.56. The average molecular weight is 265 g/mol. The molecule has 0 aliphatic carbocycles. The molecule has 106 valence electrons. The molecule has 6 heteroatoms. The van der Waals surface area contributed by atoms with Gasteiger partial charge < -0.3 is 20.3 Å². The Labute approximate surface area is 114 Å². The molecule has 0 aromatic carbocycles. The number of ether oxygens (including phenoxy) is 1. The quantitative estimate of drug-likeness (QED) is 0.870. The predicted molar refractivity (Wildman–Crippen MR) is 76.5 cm³/mol. The second-order valence-electron chi connectivity index (χ2n) is 5.25. The van der Waals surface area contributed by atoms with Gasteiger partial charge in [0.15, 0.2) is 5.82 Å². The largest absolute Gasteiger partial charge is 0.479 e. The molecule has 0 amide bonds. The first-order valence-corrected chi connectivity index (χ1v) is 6.66. The van der Waals surface area contributed by atoms with Crippen LogP contribution in [0, 0.1) is 5.92 Å². The van der Waals surface area contributed by atoms with Crippen LogP contribution in [0.2, 0.25) is 0 Å². The van der Waals surface area contributed by atoms with Gasteiger partial charge >= 0.3 is 0 Å². The monoisotopic (exact) mass is 265 g/mol. The summed E-state index contributed by atoms with van der Waals surface area (Å²) in [6, 6.07) is 0. The van der Waals surface area contributed by atoms with Gasteiger partial charge in [-0.3, -0.25) is 0 Å². The molecule has 0 saturated carbocycles. The fourth-order valence-corrected chi connectivity index (χ4v) is 2.56. The highest BCUT2D eigenvalue weighted by Crippen LogP contribution is 2.28. The van der Waals surface area contributed by atoms with Gasteiger partial charge in [0.1, 0.15) is 12.0 Å². The summed E-state index contributed by atoms with van der Waals surface area (Å²) in [6.45, 7) is 3.31. The first kappa shape index (κ1) is 13.9. The lowest BCUT2D eigenvalue weighted by Gasteiger charge is -2.32. The highest BCUT2D eigenvalue weighted by Gasteiger charge is 2.20. The molecule has 2 heterocycles. The van der Waals surface area contributed by atoms with Crippen molar-refractivity contribution in [2.24, 2.45) is 5.92 Å². The fraction of sp³-hybridized carbons (Fsp3) is 0.692. The first-order chi connectivity index (χ1) is 9.11. The van der Waals surface area contributed by atoms with Crippen LogP contribution in [0.4, 0.5) is 11.5 Å². The van der Waals surface area contributed by atoms with Gasteiger partial charge in [0.05, 0.1) is 7.11 Å². The number of aromatic nitrogens is 2. The van der Waals surface area contributed by atoms with Crippen LogP contribution >= 0.6 is 0 Å². The predicted octanol–water partition coefficient (Wildman–Crippen LogP) is 0.845. The molecule has 1 fully saturated rings. The van der Waals surface area contributed by atoms with E-state index in [0.717, 1.165) is 12.4 Å². The van der Waals surface area contributed by atoms with E-state index in [1.807, 2.05) is 7.05 Å². The van der Waals surface area contributed by atoms with Crippen molar-refractivity contribution in [3.05, 3.63) is 6.33 Å². The topological polar surface area (TPSA) is 67.5 Å². The van der Waals surface area contributed by atoms with Crippen LogP contribution in [0.3, 0.4) is 0 Å². The second-order valence-corrected chi connectivity index (χ2v) is 5.25. The minimum atomic E-state index is 0.445. The number of hydrogen-bond donors (Lipinski definition) is 1. The number of anilines is 2. The average Bonchev–Trinajstić information content (AvgIpc) is 2.41. The number of nitrogens with zero attached hydrogens (tertiary/aromatic N) is 4. The molecule has 0 radical (unpaired) electrons. The van der Waals surface area contributed by atoms with E-state index in [-0.39, 0.29) is 0 Å². The van der Waals surface area contributed by atoms with Crippen LogP contribution in [-0.4, -0.2) is 55.7 Å². The molecular weight excluding hydrogens is 242 g/mol. The van der Waals surface area contributed by atoms with Crippen molar-refractivity contribution >= 4 is 11.5 Å². The van der Waals surface area contributed by atoms with Crippen LogP contribution in [0.15, 0.2) is 6.33 Å². The Morgan fingerprint density at radius 2 is 2.11 bits per heavy atom. The summed E-state index contributed by atoms with van der Waals surface area (Å²) < 4.78 is 5.13. The number of nitrogen functional groups attached to an aromatic ring is 1. The molecule has 2 N–H and O–H groups in total. The lowest BCUT2D eigenvalue weighted by atomic mass is 9.97. The van der Waals surface area contributed by atoms with Crippen molar-refractivity contribution in [1.29, 1.82) is 0 Å². The molecule has 1 aromatic rings. The number of methoxy groups -OCH3 is 1. The standard InChI is InChI=1S/C13H23N5O/c1-17-6-4-10(5-7-17)8-18(2)12-11(14)13(19-3)16-9-15-12/h9-10H,4-8,14H2,1-3H3. The van der Waals surface area contributed by atoms with Crippen molar-refractivity contribution in [2.75, 3.05) is 51.5 Å². The van der Waals surface area contributed by atoms with Gasteiger partial charge in [-0.1, -0.05) is 0 Å². The molecule has 1 saturated heterocycles. The van der Waals surface area contributed by atoms with Crippen LogP contribution in [0.1, 0.15) is 12.8 Å². The third-order valence-corrected chi connectivity index (χ3v) is 3.75. The summed E-state index contributed by atoms with van der Waals surface area (Å²) in [5, 5.41) is 0. The van der Waals surface area contributed by atoms with Crippen LogP contribution in [0.5, 0.6) is 5.88 Å². The Bertz CT molecular complexity index is 417. The molecule has 2 rings (SSSR count). The normalized spacial score (nSPS) is 17.4. The maximum Gasteiger partial charge on any atom is 0.242 e. The number of hydrogen-bond acceptors (Lipinski definition) is 6. The highest BCUT2D eigenvalue weighted by atomic mass is 16.5. The fourth-order valence-electron chi connectivity index (χ4n) is 2.56. The summed E-state index contributed by atoms with van der Waals surface area (Å²) in [7, 11) is 5.77. The van der Waals surface area contributed by atoms with E-state index in [0.29, 0.717) is 17.5 Å². The molecule has 1 aliphatic heterocycles. The van der Waals surface area contributed by atoms with E-state index in [4.69, 9.17) is 10.5 Å². The van der Waals surface area contributed by atoms with E-state index >= 15 is 0 Å². The van der Waals surface area contributed by atoms with Crippen LogP contribution < -0.4 is 15.4 Å². The Balaban J connectivity index is 2.01. The SMILES string of the molecule is COc1ncnc(N(C)CC2CCN(C)CC2)c1N. The van der Waals surface area contributed by atoms with E-state index < -0.39 is 0 Å². The van der Waals surface area contributed by atoms with Crippen molar-refractivity contribution in [1.82, 2.24) is 14.9 Å². The highest BCUT2D eigenvalue weighted by molar-refractivity contribution is 5.67. The molecular formula is C13H23N5O. The van der Waals surface area contributed by atoms with E-state index in [9.17, 15) is 0 Å². The third-order valence-electron chi connectivity index (χ3n) is 3.75. The maximum absolute atomic E-state index is 6.02. The van der Waals surface area contributed by atoms with Crippen molar-refractivity contribution in [3.8, 4) is 5.88 Å². The lowest BCUT2D eigenvalue weighted by Crippen LogP contribution is -2.36. The second kappa shape index (κ2) is 6.06. The molecule has 1 aliphatic rings. The molecule has 0 unspecified atom stereocenters. The van der Waals surface area contributed by atoms with E-state index in [1.165, 1.54) is 32.3 Å². The van der Waals surface area contributed by atoms with Gasteiger partial charge in [-0.2, -0.15) is 4.98 Å². The van der Waals surface area contributed by atoms with Gasteiger partial charge in [-0.15, -0.1) is 0 Å². The molecule has 0 atom stereocenters. The number of piperidine rings is 1. The summed E-state index contributed by atoms with van der Waals surface area (Å²) in [6.07, 6.45) is 3.95. The zero-order valence-corrected chi connectivity index (χ0v) is 12.0. The zero-order chi connectivity index (χ0) is 13.8. The van der Waals surface area contributed by atoms with Crippen molar-refractivity contribution < 1.29 is 4.74 Å². The Morgan fingerprint density at radius 1 is 1.42 bits per heavy atom. The van der Waals surface area contributed by atoms with Crippen molar-refractivity contribution in [2.45, 2.75) is 12.8 Å². The smallest absolute Gasteiger partial charge is 0.242 e. The summed E-state index contributed by atoms with van der Waals surface area (Å²) in [5.41, 5.74) is 6.54. The van der Waals surface area contributed by atoms with Gasteiger partial charge in [0, 0.05) is 13.6 Å². The number of rotatable bonds is 4. The van der Waals surface area contributed by atoms with Gasteiger partial charge in [0.2, 0.25) is 5.88 Å². The van der Waals surface area contributed by atoms with E-state index in [2.05, 4.69) is 26.8 Å². The Kier molecular flexibility index (Phi) is 4.42. The minimum Gasteiger partial charge on any atom is -0.479 e. The maximum atomic E-state index is 6.02.